The summed E-state index contributed by atoms with van der Waals surface area (Å²) in [6, 6.07) is 0.240. The van der Waals surface area contributed by atoms with Gasteiger partial charge in [-0.25, -0.2) is 4.98 Å². The Kier molecular flexibility index (Phi) is 4.41. The molecule has 2 N–H and O–H groups in total. The minimum Gasteiger partial charge on any atom is -0.375 e. The van der Waals surface area contributed by atoms with Gasteiger partial charge in [0, 0.05) is 13.1 Å². The van der Waals surface area contributed by atoms with Crippen LogP contribution in [0.15, 0.2) is 10.4 Å². The molecule has 0 aliphatic carbocycles. The second kappa shape index (κ2) is 5.37. The molecule has 84 valence electrons. The van der Waals surface area contributed by atoms with E-state index >= 15 is 0 Å². The number of thiazole rings is 1. The van der Waals surface area contributed by atoms with Gasteiger partial charge >= 0.3 is 0 Å². The Labute approximate surface area is 97.9 Å². The van der Waals surface area contributed by atoms with Crippen LogP contribution in [0.5, 0.6) is 0 Å². The van der Waals surface area contributed by atoms with Crippen LogP contribution in [0.25, 0.3) is 0 Å². The van der Waals surface area contributed by atoms with Crippen LogP contribution in [0.1, 0.15) is 13.8 Å². The Morgan fingerprint density at radius 1 is 1.73 bits per heavy atom. The van der Waals surface area contributed by atoms with Gasteiger partial charge < -0.3 is 10.6 Å². The smallest absolute Gasteiger partial charge is 0.232 e. The summed E-state index contributed by atoms with van der Waals surface area (Å²) in [7, 11) is 1.81. The number of thioether (sulfide) groups is 1. The molecule has 1 aromatic rings. The predicted molar refractivity (Wildman–Crippen MR) is 65.2 cm³/mol. The third kappa shape index (κ3) is 3.71. The summed E-state index contributed by atoms with van der Waals surface area (Å²) in [5.74, 6) is 0.568. The number of amides is 1. The molecule has 0 atom stereocenters. The summed E-state index contributed by atoms with van der Waals surface area (Å²) < 4.78 is 0.984. The number of carbonyl (C=O) groups is 1. The van der Waals surface area contributed by atoms with Crippen molar-refractivity contribution in [3.8, 4) is 0 Å². The average Bonchev–Trinajstić information content (AvgIpc) is 2.59. The van der Waals surface area contributed by atoms with Crippen molar-refractivity contribution >= 4 is 34.1 Å². The molecule has 1 rings (SSSR count). The molecule has 0 radical (unpaired) electrons. The van der Waals surface area contributed by atoms with Crippen LogP contribution >= 0.6 is 23.1 Å². The zero-order valence-electron chi connectivity index (χ0n) is 9.06. The second-order valence-electron chi connectivity index (χ2n) is 3.40. The molecule has 1 aromatic heterocycles. The number of anilines is 1. The maximum atomic E-state index is 11.6. The first-order chi connectivity index (χ1) is 7.00. The van der Waals surface area contributed by atoms with Crippen molar-refractivity contribution in [3.63, 3.8) is 0 Å². The second-order valence-corrected chi connectivity index (χ2v) is 5.74. The molecule has 1 heterocycles. The quantitative estimate of drug-likeness (QED) is 0.820. The van der Waals surface area contributed by atoms with E-state index in [4.69, 9.17) is 5.73 Å². The standard InChI is InChI=1S/C9H15N3OS2/c1-6(2)12(3)7(13)5-14-8-4-11-9(10)15-8/h4,6H,5H2,1-3H3,(H2,10,11). The Bertz CT molecular complexity index is 338. The van der Waals surface area contributed by atoms with Gasteiger partial charge in [0.15, 0.2) is 5.13 Å². The minimum atomic E-state index is 0.127. The Hall–Kier alpha value is -0.750. The highest BCUT2D eigenvalue weighted by Gasteiger charge is 2.12. The average molecular weight is 245 g/mol. The van der Waals surface area contributed by atoms with E-state index in [1.807, 2.05) is 20.9 Å². The normalized spacial score (nSPS) is 10.7. The summed E-state index contributed by atoms with van der Waals surface area (Å²) in [4.78, 5) is 17.3. The van der Waals surface area contributed by atoms with Crippen LogP contribution in [-0.4, -0.2) is 34.6 Å². The lowest BCUT2D eigenvalue weighted by molar-refractivity contribution is -0.128. The number of nitrogen functional groups attached to an aromatic ring is 1. The van der Waals surface area contributed by atoms with Crippen molar-refractivity contribution in [1.29, 1.82) is 0 Å². The van der Waals surface area contributed by atoms with E-state index in [1.54, 1.807) is 11.1 Å². The summed E-state index contributed by atoms with van der Waals surface area (Å²) >= 11 is 2.89. The molecule has 0 aliphatic rings. The predicted octanol–water partition coefficient (Wildman–Crippen LogP) is 1.68. The fourth-order valence-electron chi connectivity index (χ4n) is 0.861. The van der Waals surface area contributed by atoms with Gasteiger partial charge in [-0.2, -0.15) is 0 Å². The number of aromatic nitrogens is 1. The molecule has 1 amide bonds. The van der Waals surface area contributed by atoms with Crippen molar-refractivity contribution in [2.75, 3.05) is 18.5 Å². The lowest BCUT2D eigenvalue weighted by atomic mass is 10.3. The zero-order valence-corrected chi connectivity index (χ0v) is 10.7. The van der Waals surface area contributed by atoms with E-state index in [-0.39, 0.29) is 11.9 Å². The molecule has 6 heteroatoms. The number of nitrogens with two attached hydrogens (primary N) is 1. The van der Waals surface area contributed by atoms with Gasteiger partial charge in [-0.1, -0.05) is 11.3 Å². The van der Waals surface area contributed by atoms with Gasteiger partial charge in [0.05, 0.1) is 16.2 Å². The molecular formula is C9H15N3OS2. The van der Waals surface area contributed by atoms with E-state index in [0.717, 1.165) is 4.21 Å². The van der Waals surface area contributed by atoms with E-state index in [0.29, 0.717) is 10.9 Å². The summed E-state index contributed by atoms with van der Waals surface area (Å²) in [6.45, 7) is 3.99. The third-order valence-corrected chi connectivity index (χ3v) is 4.01. The number of hydrogen-bond acceptors (Lipinski definition) is 5. The van der Waals surface area contributed by atoms with Crippen LogP contribution in [0.4, 0.5) is 5.13 Å². The molecular weight excluding hydrogens is 230 g/mol. The maximum absolute atomic E-state index is 11.6. The Morgan fingerprint density at radius 3 is 2.87 bits per heavy atom. The molecule has 15 heavy (non-hydrogen) atoms. The highest BCUT2D eigenvalue weighted by molar-refractivity contribution is 8.01. The van der Waals surface area contributed by atoms with Crippen molar-refractivity contribution in [2.45, 2.75) is 24.1 Å². The lowest BCUT2D eigenvalue weighted by Gasteiger charge is -2.20. The first kappa shape index (κ1) is 12.3. The SMILES string of the molecule is CC(C)N(C)C(=O)CSc1cnc(N)s1. The number of hydrogen-bond donors (Lipinski definition) is 1. The van der Waals surface area contributed by atoms with Crippen LogP contribution < -0.4 is 5.73 Å². The highest BCUT2D eigenvalue weighted by atomic mass is 32.2. The summed E-state index contributed by atoms with van der Waals surface area (Å²) in [6.07, 6.45) is 1.70. The first-order valence-electron chi connectivity index (χ1n) is 4.60. The molecule has 4 nitrogen and oxygen atoms in total. The molecule has 0 saturated heterocycles. The van der Waals surface area contributed by atoms with Crippen molar-refractivity contribution < 1.29 is 4.79 Å². The van der Waals surface area contributed by atoms with Gasteiger partial charge in [0.25, 0.3) is 0 Å². The van der Waals surface area contributed by atoms with Crippen molar-refractivity contribution in [3.05, 3.63) is 6.20 Å². The van der Waals surface area contributed by atoms with Crippen molar-refractivity contribution in [1.82, 2.24) is 9.88 Å². The van der Waals surface area contributed by atoms with Crippen LogP contribution in [-0.2, 0) is 4.79 Å². The lowest BCUT2D eigenvalue weighted by Crippen LogP contribution is -2.34. The minimum absolute atomic E-state index is 0.127. The Morgan fingerprint density at radius 2 is 2.40 bits per heavy atom. The van der Waals surface area contributed by atoms with E-state index < -0.39 is 0 Å². The van der Waals surface area contributed by atoms with Crippen LogP contribution in [0.2, 0.25) is 0 Å². The third-order valence-electron chi connectivity index (χ3n) is 2.01. The monoisotopic (exact) mass is 245 g/mol. The topological polar surface area (TPSA) is 59.2 Å². The summed E-state index contributed by atoms with van der Waals surface area (Å²) in [5, 5.41) is 0.544. The molecule has 0 fully saturated rings. The molecule has 0 spiro atoms. The first-order valence-corrected chi connectivity index (χ1v) is 6.40. The molecule has 0 bridgehead atoms. The molecule has 0 aromatic carbocycles. The van der Waals surface area contributed by atoms with Crippen LogP contribution in [0, 0.1) is 0 Å². The number of rotatable bonds is 4. The van der Waals surface area contributed by atoms with Crippen molar-refractivity contribution in [2.24, 2.45) is 0 Å². The zero-order chi connectivity index (χ0) is 11.4. The maximum Gasteiger partial charge on any atom is 0.232 e. The Balaban J connectivity index is 2.40. The fraction of sp³-hybridized carbons (Fsp3) is 0.556. The molecule has 0 saturated carbocycles. The summed E-state index contributed by atoms with van der Waals surface area (Å²) in [5.41, 5.74) is 5.49. The molecule has 0 unspecified atom stereocenters. The molecule has 0 aliphatic heterocycles. The number of carbonyl (C=O) groups excluding carboxylic acids is 1. The fourth-order valence-corrected chi connectivity index (χ4v) is 2.54. The van der Waals surface area contributed by atoms with Gasteiger partial charge in [-0.3, -0.25) is 4.79 Å². The van der Waals surface area contributed by atoms with E-state index in [1.165, 1.54) is 23.1 Å². The van der Waals surface area contributed by atoms with E-state index in [9.17, 15) is 4.79 Å². The number of nitrogens with zero attached hydrogens (tertiary/aromatic N) is 2. The van der Waals surface area contributed by atoms with E-state index in [2.05, 4.69) is 4.98 Å². The van der Waals surface area contributed by atoms with Gasteiger partial charge in [-0.15, -0.1) is 11.8 Å². The van der Waals surface area contributed by atoms with Crippen LogP contribution in [0.3, 0.4) is 0 Å². The highest BCUT2D eigenvalue weighted by Crippen LogP contribution is 2.26. The van der Waals surface area contributed by atoms with Gasteiger partial charge in [-0.05, 0) is 13.8 Å². The largest absolute Gasteiger partial charge is 0.375 e. The van der Waals surface area contributed by atoms with Gasteiger partial charge in [0.2, 0.25) is 5.91 Å². The van der Waals surface area contributed by atoms with Gasteiger partial charge in [0.1, 0.15) is 0 Å².